The fourth-order valence-corrected chi connectivity index (χ4v) is 1.79. The van der Waals surface area contributed by atoms with Gasteiger partial charge in [-0.2, -0.15) is 0 Å². The maximum absolute atomic E-state index is 10.9. The lowest BCUT2D eigenvalue weighted by Crippen LogP contribution is -2.34. The molecule has 0 radical (unpaired) electrons. The largest absolute Gasteiger partial charge is 0.381 e. The average molecular weight is 244 g/mol. The molecule has 1 N–H and O–H groups in total. The Hall–Kier alpha value is -2.10. The SMILES string of the molecule is CC1([N+](=O)[O-])C=CC(NCc2ccccc2)=CC1. The van der Waals surface area contributed by atoms with E-state index in [0.29, 0.717) is 6.42 Å². The van der Waals surface area contributed by atoms with Gasteiger partial charge in [0.25, 0.3) is 0 Å². The lowest BCUT2D eigenvalue weighted by molar-refractivity contribution is -0.549. The Balaban J connectivity index is 1.92. The van der Waals surface area contributed by atoms with E-state index in [1.54, 1.807) is 19.1 Å². The van der Waals surface area contributed by atoms with Crippen molar-refractivity contribution in [2.24, 2.45) is 0 Å². The van der Waals surface area contributed by atoms with Crippen molar-refractivity contribution in [3.63, 3.8) is 0 Å². The molecular formula is C14H16N2O2. The highest BCUT2D eigenvalue weighted by Gasteiger charge is 2.34. The Labute approximate surface area is 106 Å². The fraction of sp³-hybridized carbons (Fsp3) is 0.286. The van der Waals surface area contributed by atoms with Crippen LogP contribution in [0.25, 0.3) is 0 Å². The summed E-state index contributed by atoms with van der Waals surface area (Å²) < 4.78 is 0. The zero-order chi connectivity index (χ0) is 13.0. The van der Waals surface area contributed by atoms with Crippen molar-refractivity contribution in [3.8, 4) is 0 Å². The monoisotopic (exact) mass is 244 g/mol. The number of nitro groups is 1. The molecule has 0 bridgehead atoms. The summed E-state index contributed by atoms with van der Waals surface area (Å²) in [7, 11) is 0. The van der Waals surface area contributed by atoms with Crippen LogP contribution in [-0.4, -0.2) is 10.5 Å². The third kappa shape index (κ3) is 2.77. The molecule has 0 amide bonds. The van der Waals surface area contributed by atoms with E-state index in [-0.39, 0.29) is 4.92 Å². The van der Waals surface area contributed by atoms with E-state index >= 15 is 0 Å². The quantitative estimate of drug-likeness (QED) is 0.654. The van der Waals surface area contributed by atoms with E-state index in [4.69, 9.17) is 0 Å². The highest BCUT2D eigenvalue weighted by Crippen LogP contribution is 2.22. The first-order chi connectivity index (χ1) is 8.60. The van der Waals surface area contributed by atoms with Gasteiger partial charge in [0.05, 0.1) is 0 Å². The zero-order valence-corrected chi connectivity index (χ0v) is 10.3. The fourth-order valence-electron chi connectivity index (χ4n) is 1.79. The lowest BCUT2D eigenvalue weighted by atomic mass is 9.93. The van der Waals surface area contributed by atoms with Gasteiger partial charge in [0.1, 0.15) is 0 Å². The van der Waals surface area contributed by atoms with Gasteiger partial charge in [0, 0.05) is 30.5 Å². The lowest BCUT2D eigenvalue weighted by Gasteiger charge is -2.20. The molecule has 94 valence electrons. The second-order valence-electron chi connectivity index (χ2n) is 4.65. The molecule has 1 unspecified atom stereocenters. The van der Waals surface area contributed by atoms with Gasteiger partial charge < -0.3 is 5.32 Å². The highest BCUT2D eigenvalue weighted by molar-refractivity contribution is 5.27. The summed E-state index contributed by atoms with van der Waals surface area (Å²) in [5.74, 6) is 0. The van der Waals surface area contributed by atoms with Crippen LogP contribution in [0.2, 0.25) is 0 Å². The summed E-state index contributed by atoms with van der Waals surface area (Å²) in [5, 5.41) is 14.1. The summed E-state index contributed by atoms with van der Waals surface area (Å²) in [6, 6.07) is 10.0. The van der Waals surface area contributed by atoms with E-state index < -0.39 is 5.54 Å². The van der Waals surface area contributed by atoms with Crippen molar-refractivity contribution in [1.29, 1.82) is 0 Å². The Bertz CT molecular complexity index is 494. The van der Waals surface area contributed by atoms with Gasteiger partial charge in [-0.1, -0.05) is 36.4 Å². The molecule has 4 heteroatoms. The molecule has 0 spiro atoms. The summed E-state index contributed by atoms with van der Waals surface area (Å²) in [5.41, 5.74) is 1.17. The second kappa shape index (κ2) is 5.04. The van der Waals surface area contributed by atoms with Gasteiger partial charge in [-0.05, 0) is 17.7 Å². The number of nitrogens with zero attached hydrogens (tertiary/aromatic N) is 1. The van der Waals surface area contributed by atoms with Gasteiger partial charge in [-0.15, -0.1) is 0 Å². The Kier molecular flexibility index (Phi) is 3.46. The van der Waals surface area contributed by atoms with Gasteiger partial charge in [0.2, 0.25) is 5.54 Å². The van der Waals surface area contributed by atoms with Gasteiger partial charge in [-0.3, -0.25) is 10.1 Å². The van der Waals surface area contributed by atoms with E-state index in [2.05, 4.69) is 5.32 Å². The number of rotatable bonds is 4. The minimum Gasteiger partial charge on any atom is -0.381 e. The molecule has 4 nitrogen and oxygen atoms in total. The molecule has 1 aliphatic carbocycles. The van der Waals surface area contributed by atoms with Crippen LogP contribution in [-0.2, 0) is 6.54 Å². The van der Waals surface area contributed by atoms with Crippen LogP contribution in [0, 0.1) is 10.1 Å². The van der Waals surface area contributed by atoms with Gasteiger partial charge in [-0.25, -0.2) is 0 Å². The van der Waals surface area contributed by atoms with E-state index in [1.165, 1.54) is 5.56 Å². The molecule has 1 aliphatic rings. The van der Waals surface area contributed by atoms with Crippen molar-refractivity contribution in [3.05, 3.63) is 69.9 Å². The Morgan fingerprint density at radius 1 is 1.39 bits per heavy atom. The van der Waals surface area contributed by atoms with Crippen LogP contribution >= 0.6 is 0 Å². The minimum atomic E-state index is -0.960. The van der Waals surface area contributed by atoms with E-state index in [9.17, 15) is 10.1 Å². The Morgan fingerprint density at radius 3 is 2.67 bits per heavy atom. The number of hydrogen-bond acceptors (Lipinski definition) is 3. The summed E-state index contributed by atoms with van der Waals surface area (Å²) in [4.78, 5) is 10.6. The third-order valence-electron chi connectivity index (χ3n) is 3.11. The number of allylic oxidation sites excluding steroid dienone is 1. The van der Waals surface area contributed by atoms with E-state index in [0.717, 1.165) is 12.2 Å². The minimum absolute atomic E-state index is 0.242. The number of benzene rings is 1. The van der Waals surface area contributed by atoms with Crippen molar-refractivity contribution < 1.29 is 4.92 Å². The van der Waals surface area contributed by atoms with Crippen LogP contribution in [0.4, 0.5) is 0 Å². The maximum atomic E-state index is 10.9. The molecule has 1 aromatic rings. The molecule has 18 heavy (non-hydrogen) atoms. The molecule has 0 saturated carbocycles. The molecular weight excluding hydrogens is 228 g/mol. The highest BCUT2D eigenvalue weighted by atomic mass is 16.6. The number of nitrogens with one attached hydrogen (secondary N) is 1. The summed E-state index contributed by atoms with van der Waals surface area (Å²) in [6.07, 6.45) is 5.74. The van der Waals surface area contributed by atoms with E-state index in [1.807, 2.05) is 36.4 Å². The smallest absolute Gasteiger partial charge is 0.241 e. The predicted molar refractivity (Wildman–Crippen MR) is 70.5 cm³/mol. The maximum Gasteiger partial charge on any atom is 0.241 e. The van der Waals surface area contributed by atoms with Gasteiger partial charge in [0.15, 0.2) is 0 Å². The molecule has 0 fully saturated rings. The standard InChI is InChI=1S/C14H16N2O2/c1-14(16(17)18)9-7-13(8-10-14)15-11-12-5-3-2-4-6-12/h2-9,15H,10-11H2,1H3. The number of hydrogen-bond donors (Lipinski definition) is 1. The first kappa shape index (κ1) is 12.4. The van der Waals surface area contributed by atoms with Crippen molar-refractivity contribution >= 4 is 0 Å². The molecule has 1 atom stereocenters. The summed E-state index contributed by atoms with van der Waals surface area (Å²) in [6.45, 7) is 2.36. The second-order valence-corrected chi connectivity index (χ2v) is 4.65. The Morgan fingerprint density at radius 2 is 2.11 bits per heavy atom. The molecule has 0 saturated heterocycles. The van der Waals surface area contributed by atoms with Crippen LogP contribution in [0.5, 0.6) is 0 Å². The van der Waals surface area contributed by atoms with Crippen LogP contribution in [0.15, 0.2) is 54.3 Å². The zero-order valence-electron chi connectivity index (χ0n) is 10.3. The molecule has 0 aliphatic heterocycles. The van der Waals surface area contributed by atoms with Crippen LogP contribution in [0.3, 0.4) is 0 Å². The van der Waals surface area contributed by atoms with Crippen LogP contribution in [0.1, 0.15) is 18.9 Å². The van der Waals surface area contributed by atoms with Crippen LogP contribution < -0.4 is 5.32 Å². The van der Waals surface area contributed by atoms with Gasteiger partial charge >= 0.3 is 0 Å². The molecule has 0 heterocycles. The van der Waals surface area contributed by atoms with Crippen molar-refractivity contribution in [2.45, 2.75) is 25.4 Å². The predicted octanol–water partition coefficient (Wildman–Crippen LogP) is 2.66. The average Bonchev–Trinajstić information content (AvgIpc) is 2.39. The van der Waals surface area contributed by atoms with Crippen molar-refractivity contribution in [2.75, 3.05) is 0 Å². The normalized spacial score (nSPS) is 22.4. The topological polar surface area (TPSA) is 55.2 Å². The van der Waals surface area contributed by atoms with Crippen molar-refractivity contribution in [1.82, 2.24) is 5.32 Å². The molecule has 0 aromatic heterocycles. The molecule has 2 rings (SSSR count). The first-order valence-corrected chi connectivity index (χ1v) is 5.92. The third-order valence-corrected chi connectivity index (χ3v) is 3.11. The molecule has 1 aromatic carbocycles. The summed E-state index contributed by atoms with van der Waals surface area (Å²) >= 11 is 0. The first-order valence-electron chi connectivity index (χ1n) is 5.92.